The number of carbonyl (C=O) groups is 2. The number of hydrogen-bond acceptors (Lipinski definition) is 5. The first-order chi connectivity index (χ1) is 10.1. The number of hydrogen-bond donors (Lipinski definition) is 2. The molecule has 2 heterocycles. The number of aryl methyl sites for hydroxylation is 1. The highest BCUT2D eigenvalue weighted by molar-refractivity contribution is 5.75. The van der Waals surface area contributed by atoms with Crippen LogP contribution in [0.15, 0.2) is 22.8 Å². The highest BCUT2D eigenvalue weighted by Crippen LogP contribution is 2.06. The van der Waals surface area contributed by atoms with Crippen LogP contribution in [0.2, 0.25) is 0 Å². The third-order valence-electron chi connectivity index (χ3n) is 2.99. The number of carboxylic acid groups (broad SMARTS) is 1. The van der Waals surface area contributed by atoms with Crippen LogP contribution >= 0.6 is 0 Å². The van der Waals surface area contributed by atoms with Crippen molar-refractivity contribution >= 4 is 11.9 Å². The molecular formula is C13H16N4O4. The molecule has 2 aromatic heterocycles. The van der Waals surface area contributed by atoms with E-state index in [1.165, 1.54) is 10.9 Å². The SMILES string of the molecule is Cc1c(CCC(=O)O)nnn1CC(=O)NCc1ccco1. The molecule has 0 saturated carbocycles. The summed E-state index contributed by atoms with van der Waals surface area (Å²) >= 11 is 0. The molecule has 0 bridgehead atoms. The van der Waals surface area contributed by atoms with Crippen molar-refractivity contribution in [2.75, 3.05) is 0 Å². The summed E-state index contributed by atoms with van der Waals surface area (Å²) < 4.78 is 6.56. The Balaban J connectivity index is 1.87. The van der Waals surface area contributed by atoms with Crippen LogP contribution in [0.5, 0.6) is 0 Å². The molecule has 0 atom stereocenters. The van der Waals surface area contributed by atoms with Crippen LogP contribution in [0.25, 0.3) is 0 Å². The van der Waals surface area contributed by atoms with E-state index in [1.807, 2.05) is 0 Å². The summed E-state index contributed by atoms with van der Waals surface area (Å²) in [5.41, 5.74) is 1.29. The van der Waals surface area contributed by atoms with Gasteiger partial charge in [-0.3, -0.25) is 9.59 Å². The fraction of sp³-hybridized carbons (Fsp3) is 0.385. The quantitative estimate of drug-likeness (QED) is 0.769. The second-order valence-corrected chi connectivity index (χ2v) is 4.53. The molecule has 0 saturated heterocycles. The number of amides is 1. The summed E-state index contributed by atoms with van der Waals surface area (Å²) in [4.78, 5) is 22.3. The number of carboxylic acids is 1. The average Bonchev–Trinajstić information content (AvgIpc) is 3.06. The van der Waals surface area contributed by atoms with Gasteiger partial charge in [0.25, 0.3) is 0 Å². The van der Waals surface area contributed by atoms with Crippen molar-refractivity contribution in [1.29, 1.82) is 0 Å². The maximum atomic E-state index is 11.8. The second-order valence-electron chi connectivity index (χ2n) is 4.53. The van der Waals surface area contributed by atoms with Gasteiger partial charge in [0, 0.05) is 6.42 Å². The van der Waals surface area contributed by atoms with E-state index in [0.29, 0.717) is 30.1 Å². The third-order valence-corrected chi connectivity index (χ3v) is 2.99. The zero-order valence-corrected chi connectivity index (χ0v) is 11.6. The van der Waals surface area contributed by atoms with Gasteiger partial charge in [0.05, 0.1) is 30.6 Å². The summed E-state index contributed by atoms with van der Waals surface area (Å²) in [6, 6.07) is 3.52. The number of aliphatic carboxylic acids is 1. The fourth-order valence-corrected chi connectivity index (χ4v) is 1.79. The predicted molar refractivity (Wildman–Crippen MR) is 71.3 cm³/mol. The molecule has 8 heteroatoms. The van der Waals surface area contributed by atoms with Crippen LogP contribution in [0, 0.1) is 6.92 Å². The molecule has 0 aliphatic heterocycles. The van der Waals surface area contributed by atoms with Gasteiger partial charge in [-0.15, -0.1) is 5.10 Å². The van der Waals surface area contributed by atoms with E-state index >= 15 is 0 Å². The van der Waals surface area contributed by atoms with Crippen LogP contribution in [-0.2, 0) is 29.1 Å². The number of furan rings is 1. The van der Waals surface area contributed by atoms with Crippen molar-refractivity contribution in [2.45, 2.75) is 32.9 Å². The van der Waals surface area contributed by atoms with Crippen LogP contribution in [0.3, 0.4) is 0 Å². The lowest BCUT2D eigenvalue weighted by Gasteiger charge is -2.05. The minimum absolute atomic E-state index is 0.00970. The van der Waals surface area contributed by atoms with E-state index in [-0.39, 0.29) is 18.9 Å². The van der Waals surface area contributed by atoms with Gasteiger partial charge in [-0.1, -0.05) is 5.21 Å². The monoisotopic (exact) mass is 292 g/mol. The van der Waals surface area contributed by atoms with Crippen LogP contribution in [0.4, 0.5) is 0 Å². The molecule has 0 aliphatic carbocycles. The van der Waals surface area contributed by atoms with Crippen molar-refractivity contribution in [3.63, 3.8) is 0 Å². The zero-order chi connectivity index (χ0) is 15.2. The lowest BCUT2D eigenvalue weighted by Crippen LogP contribution is -2.27. The lowest BCUT2D eigenvalue weighted by atomic mass is 10.2. The Bertz CT molecular complexity index is 618. The molecule has 1 amide bonds. The fourth-order valence-electron chi connectivity index (χ4n) is 1.79. The van der Waals surface area contributed by atoms with Gasteiger partial charge in [0.2, 0.25) is 5.91 Å². The molecule has 2 N–H and O–H groups in total. The van der Waals surface area contributed by atoms with Crippen molar-refractivity contribution in [3.8, 4) is 0 Å². The number of aromatic nitrogens is 3. The Morgan fingerprint density at radius 3 is 2.95 bits per heavy atom. The number of carbonyl (C=O) groups excluding carboxylic acids is 1. The Labute approximate surface area is 120 Å². The highest BCUT2D eigenvalue weighted by atomic mass is 16.4. The Kier molecular flexibility index (Phi) is 4.70. The molecule has 8 nitrogen and oxygen atoms in total. The second kappa shape index (κ2) is 6.69. The molecule has 0 radical (unpaired) electrons. The van der Waals surface area contributed by atoms with E-state index in [0.717, 1.165) is 0 Å². The summed E-state index contributed by atoms with van der Waals surface area (Å²) in [5.74, 6) is -0.440. The van der Waals surface area contributed by atoms with Crippen molar-refractivity contribution < 1.29 is 19.1 Å². The first-order valence-corrected chi connectivity index (χ1v) is 6.46. The largest absolute Gasteiger partial charge is 0.481 e. The third kappa shape index (κ3) is 4.16. The lowest BCUT2D eigenvalue weighted by molar-refractivity contribution is -0.137. The summed E-state index contributed by atoms with van der Waals surface area (Å²) in [5, 5.41) is 19.1. The first-order valence-electron chi connectivity index (χ1n) is 6.46. The number of nitrogens with one attached hydrogen (secondary N) is 1. The van der Waals surface area contributed by atoms with Gasteiger partial charge in [-0.05, 0) is 19.1 Å². The molecule has 112 valence electrons. The standard InChI is InChI=1S/C13H16N4O4/c1-9-11(4-5-13(19)20)15-16-17(9)8-12(18)14-7-10-3-2-6-21-10/h2-3,6H,4-5,7-8H2,1H3,(H,14,18)(H,19,20). The summed E-state index contributed by atoms with van der Waals surface area (Å²) in [6.45, 7) is 2.11. The highest BCUT2D eigenvalue weighted by Gasteiger charge is 2.12. The molecule has 0 unspecified atom stereocenters. The van der Waals surface area contributed by atoms with Crippen molar-refractivity contribution in [2.24, 2.45) is 0 Å². The maximum absolute atomic E-state index is 11.8. The van der Waals surface area contributed by atoms with Crippen LogP contribution in [-0.4, -0.2) is 32.0 Å². The minimum Gasteiger partial charge on any atom is -0.481 e. The van der Waals surface area contributed by atoms with Gasteiger partial charge < -0.3 is 14.8 Å². The maximum Gasteiger partial charge on any atom is 0.303 e. The molecule has 2 rings (SSSR count). The molecule has 0 spiro atoms. The first kappa shape index (κ1) is 14.8. The van der Waals surface area contributed by atoms with Gasteiger partial charge in [-0.2, -0.15) is 0 Å². The summed E-state index contributed by atoms with van der Waals surface area (Å²) in [6.07, 6.45) is 1.83. The molecule has 0 fully saturated rings. The Hall–Kier alpha value is -2.64. The molecule has 2 aromatic rings. The van der Waals surface area contributed by atoms with Gasteiger partial charge in [0.15, 0.2) is 0 Å². The number of rotatable bonds is 7. The van der Waals surface area contributed by atoms with Crippen molar-refractivity contribution in [1.82, 2.24) is 20.3 Å². The van der Waals surface area contributed by atoms with Crippen LogP contribution < -0.4 is 5.32 Å². The Morgan fingerprint density at radius 1 is 1.48 bits per heavy atom. The van der Waals surface area contributed by atoms with Gasteiger partial charge >= 0.3 is 5.97 Å². The number of nitrogens with zero attached hydrogens (tertiary/aromatic N) is 3. The summed E-state index contributed by atoms with van der Waals surface area (Å²) in [7, 11) is 0. The van der Waals surface area contributed by atoms with E-state index in [2.05, 4.69) is 15.6 Å². The van der Waals surface area contributed by atoms with E-state index < -0.39 is 5.97 Å². The van der Waals surface area contributed by atoms with E-state index in [1.54, 1.807) is 19.1 Å². The molecular weight excluding hydrogens is 276 g/mol. The van der Waals surface area contributed by atoms with Crippen LogP contribution in [0.1, 0.15) is 23.6 Å². The molecule has 0 aliphatic rings. The predicted octanol–water partition coefficient (Wildman–Crippen LogP) is 0.513. The normalized spacial score (nSPS) is 10.5. The van der Waals surface area contributed by atoms with E-state index in [4.69, 9.17) is 9.52 Å². The topological polar surface area (TPSA) is 110 Å². The van der Waals surface area contributed by atoms with Crippen molar-refractivity contribution in [3.05, 3.63) is 35.5 Å². The smallest absolute Gasteiger partial charge is 0.303 e. The average molecular weight is 292 g/mol. The minimum atomic E-state index is -0.889. The molecule has 21 heavy (non-hydrogen) atoms. The van der Waals surface area contributed by atoms with Gasteiger partial charge in [-0.25, -0.2) is 4.68 Å². The zero-order valence-electron chi connectivity index (χ0n) is 11.6. The molecule has 0 aromatic carbocycles. The Morgan fingerprint density at radius 2 is 2.29 bits per heavy atom. The van der Waals surface area contributed by atoms with E-state index in [9.17, 15) is 9.59 Å². The van der Waals surface area contributed by atoms with Gasteiger partial charge in [0.1, 0.15) is 12.3 Å².